The van der Waals surface area contributed by atoms with Gasteiger partial charge in [-0.3, -0.25) is 0 Å². The van der Waals surface area contributed by atoms with Gasteiger partial charge in [0.15, 0.2) is 0 Å². The summed E-state index contributed by atoms with van der Waals surface area (Å²) < 4.78 is 47.1. The van der Waals surface area contributed by atoms with Gasteiger partial charge in [0, 0.05) is 0 Å². The molecule has 0 saturated heterocycles. The van der Waals surface area contributed by atoms with Crippen molar-refractivity contribution in [1.29, 1.82) is 0 Å². The smallest absolute Gasteiger partial charge is 0.0752 e. The van der Waals surface area contributed by atoms with Crippen LogP contribution >= 0.6 is 7.82 Å². The second-order valence-electron chi connectivity index (χ2n) is 8.19. The van der Waals surface area contributed by atoms with Gasteiger partial charge < -0.3 is 47.3 Å². The van der Waals surface area contributed by atoms with Crippen molar-refractivity contribution in [3.8, 4) is 0 Å². The molecule has 0 aliphatic heterocycles. The van der Waals surface area contributed by atoms with Crippen LogP contribution in [0, 0.1) is 0 Å². The lowest BCUT2D eigenvalue weighted by Crippen LogP contribution is -2.19. The van der Waals surface area contributed by atoms with Crippen LogP contribution in [0.5, 0.6) is 0 Å². The summed E-state index contributed by atoms with van der Waals surface area (Å²) in [6, 6.07) is 19.0. The maximum atomic E-state index is 10.3. The van der Waals surface area contributed by atoms with E-state index in [1.807, 2.05) is 0 Å². The molecule has 210 valence electrons. The van der Waals surface area contributed by atoms with Crippen molar-refractivity contribution < 1.29 is 47.3 Å². The lowest BCUT2D eigenvalue weighted by atomic mass is 9.97. The number of ether oxygens (including phenoxy) is 6. The molecule has 0 bridgehead atoms. The third-order valence-electron chi connectivity index (χ3n) is 5.47. The van der Waals surface area contributed by atoms with E-state index in [0.717, 1.165) is 0 Å². The number of rotatable bonds is 21. The van der Waals surface area contributed by atoms with Gasteiger partial charge in [-0.1, -0.05) is 48.5 Å². The molecule has 0 atom stereocenters. The molecule has 3 aromatic carbocycles. The number of hydrogen-bond donors (Lipinski definition) is 0. The average molecular weight is 552 g/mol. The highest BCUT2D eigenvalue weighted by Gasteiger charge is 2.07. The Morgan fingerprint density at radius 1 is 0.526 bits per heavy atom. The van der Waals surface area contributed by atoms with Crippen molar-refractivity contribution in [3.63, 3.8) is 0 Å². The van der Waals surface area contributed by atoms with Crippen LogP contribution < -0.4 is 9.79 Å². The third-order valence-corrected chi connectivity index (χ3v) is 5.97. The molecule has 0 aliphatic rings. The predicted molar refractivity (Wildman–Crippen MR) is 139 cm³/mol. The van der Waals surface area contributed by atoms with E-state index in [1.165, 1.54) is 27.1 Å². The highest BCUT2D eigenvalue weighted by atomic mass is 32.2. The van der Waals surface area contributed by atoms with Gasteiger partial charge in [-0.05, 0) is 33.2 Å². The van der Waals surface area contributed by atoms with Crippen molar-refractivity contribution in [2.45, 2.75) is 6.61 Å². The summed E-state index contributed by atoms with van der Waals surface area (Å²) in [7, 11) is -4.93. The molecule has 0 heterocycles. The van der Waals surface area contributed by atoms with Crippen LogP contribution in [0.2, 0.25) is 0 Å². The first kappa shape index (κ1) is 30.6. The molecule has 11 heteroatoms. The Kier molecular flexibility index (Phi) is 14.2. The standard InChI is InChI=1S/C27H37O10P/c28-38(29,30)37-20-19-35-16-15-33-12-11-31-9-10-32-13-14-34-17-18-36-22-27-25-7-3-1-5-23(25)21-24-6-2-4-8-26(24)27/h1-8,21H,9-20,22H2,(H2,28,29,30)/p-2/i38+1. The summed E-state index contributed by atoms with van der Waals surface area (Å²) in [5.74, 6) is 0. The van der Waals surface area contributed by atoms with Crippen molar-refractivity contribution in [2.24, 2.45) is 0 Å². The first-order valence-electron chi connectivity index (χ1n) is 12.6. The summed E-state index contributed by atoms with van der Waals surface area (Å²) in [5.41, 5.74) is 1.20. The van der Waals surface area contributed by atoms with Gasteiger partial charge >= 0.3 is 0 Å². The molecule has 0 aromatic heterocycles. The SMILES string of the molecule is O=[32P]([O-])([O-])OCCOCCOCCOCCOCCOCCOCc1c2ccccc2cc2ccccc12. The molecule has 38 heavy (non-hydrogen) atoms. The minimum Gasteiger partial charge on any atom is -0.790 e. The number of phosphoric ester groups is 1. The van der Waals surface area contributed by atoms with Crippen LogP contribution in [0.4, 0.5) is 0 Å². The monoisotopic (exact) mass is 551 g/mol. The van der Waals surface area contributed by atoms with Crippen LogP contribution in [0.25, 0.3) is 21.5 Å². The molecule has 0 radical (unpaired) electrons. The molecule has 0 amide bonds. The quantitative estimate of drug-likeness (QED) is 0.111. The molecule has 0 saturated carbocycles. The Balaban J connectivity index is 1.12. The summed E-state index contributed by atoms with van der Waals surface area (Å²) in [6.07, 6.45) is 0. The fraction of sp³-hybridized carbons (Fsp3) is 0.481. The summed E-state index contributed by atoms with van der Waals surface area (Å²) in [4.78, 5) is 20.5. The fourth-order valence-electron chi connectivity index (χ4n) is 3.75. The average Bonchev–Trinajstić information content (AvgIpc) is 2.90. The second kappa shape index (κ2) is 17.6. The number of phosphoric acid groups is 1. The van der Waals surface area contributed by atoms with E-state index in [9.17, 15) is 14.4 Å². The van der Waals surface area contributed by atoms with E-state index in [0.29, 0.717) is 66.1 Å². The first-order valence-corrected chi connectivity index (χ1v) is 14.0. The van der Waals surface area contributed by atoms with Crippen molar-refractivity contribution in [1.82, 2.24) is 0 Å². The van der Waals surface area contributed by atoms with Crippen LogP contribution in [0.1, 0.15) is 5.56 Å². The van der Waals surface area contributed by atoms with Crippen LogP contribution in [-0.4, -0.2) is 79.3 Å². The number of benzene rings is 3. The zero-order chi connectivity index (χ0) is 26.9. The van der Waals surface area contributed by atoms with Crippen molar-refractivity contribution in [2.75, 3.05) is 79.3 Å². The molecule has 0 spiro atoms. The van der Waals surface area contributed by atoms with E-state index >= 15 is 0 Å². The molecular formula is C27H35O10P-2. The minimum atomic E-state index is -4.93. The lowest BCUT2D eigenvalue weighted by molar-refractivity contribution is -0.342. The van der Waals surface area contributed by atoms with Crippen LogP contribution in [-0.2, 0) is 44.1 Å². The number of fused-ring (bicyclic) bond motifs is 2. The highest BCUT2D eigenvalue weighted by Crippen LogP contribution is 2.29. The Bertz CT molecular complexity index is 1070. The third kappa shape index (κ3) is 11.8. The van der Waals surface area contributed by atoms with Gasteiger partial charge in [0.05, 0.1) is 93.7 Å². The second-order valence-corrected chi connectivity index (χ2v) is 9.34. The van der Waals surface area contributed by atoms with E-state index in [4.69, 9.17) is 28.4 Å². The summed E-state index contributed by atoms with van der Waals surface area (Å²) >= 11 is 0. The van der Waals surface area contributed by atoms with E-state index in [-0.39, 0.29) is 19.8 Å². The topological polar surface area (TPSA) is 128 Å². The van der Waals surface area contributed by atoms with Crippen molar-refractivity contribution >= 4 is 29.4 Å². The maximum absolute atomic E-state index is 10.3. The van der Waals surface area contributed by atoms with E-state index in [1.54, 1.807) is 0 Å². The van der Waals surface area contributed by atoms with Gasteiger partial charge in [0.2, 0.25) is 0 Å². The molecule has 0 aliphatic carbocycles. The first-order chi connectivity index (χ1) is 18.5. The molecule has 3 aromatic rings. The molecule has 0 fully saturated rings. The van der Waals surface area contributed by atoms with Gasteiger partial charge in [0.1, 0.15) is 0 Å². The molecule has 0 unspecified atom stereocenters. The number of hydrogen-bond acceptors (Lipinski definition) is 10. The van der Waals surface area contributed by atoms with Crippen LogP contribution in [0.15, 0.2) is 54.6 Å². The molecular weight excluding hydrogens is 516 g/mol. The maximum Gasteiger partial charge on any atom is 0.0752 e. The molecule has 0 N–H and O–H groups in total. The van der Waals surface area contributed by atoms with Crippen LogP contribution in [0.3, 0.4) is 0 Å². The van der Waals surface area contributed by atoms with Gasteiger partial charge in [0.25, 0.3) is 0 Å². The van der Waals surface area contributed by atoms with E-state index < -0.39 is 7.82 Å². The predicted octanol–water partition coefficient (Wildman–Crippen LogP) is 2.44. The summed E-state index contributed by atoms with van der Waals surface area (Å²) in [6.45, 7) is 4.50. The molecule has 3 rings (SSSR count). The van der Waals surface area contributed by atoms with Gasteiger partial charge in [-0.25, -0.2) is 0 Å². The van der Waals surface area contributed by atoms with Gasteiger partial charge in [-0.2, -0.15) is 0 Å². The fourth-order valence-corrected chi connectivity index (χ4v) is 4.04. The lowest BCUT2D eigenvalue weighted by Gasteiger charge is -2.28. The summed E-state index contributed by atoms with van der Waals surface area (Å²) in [5, 5.41) is 4.85. The largest absolute Gasteiger partial charge is 0.790 e. The highest BCUT2D eigenvalue weighted by molar-refractivity contribution is 7.43. The Hall–Kier alpha value is -1.95. The van der Waals surface area contributed by atoms with Gasteiger partial charge in [-0.15, -0.1) is 0 Å². The zero-order valence-corrected chi connectivity index (χ0v) is 22.3. The Labute approximate surface area is 222 Å². The van der Waals surface area contributed by atoms with E-state index in [2.05, 4.69) is 59.1 Å². The Morgan fingerprint density at radius 3 is 1.32 bits per heavy atom. The minimum absolute atomic E-state index is 0.00490. The molecule has 10 nitrogen and oxygen atoms in total. The zero-order valence-electron chi connectivity index (χ0n) is 21.4. The van der Waals surface area contributed by atoms with Crippen molar-refractivity contribution in [3.05, 3.63) is 60.2 Å². The Morgan fingerprint density at radius 2 is 0.895 bits per heavy atom. The normalized spacial score (nSPS) is 12.1.